The van der Waals surface area contributed by atoms with E-state index in [4.69, 9.17) is 4.74 Å². The third-order valence-corrected chi connectivity index (χ3v) is 1.99. The van der Waals surface area contributed by atoms with Gasteiger partial charge < -0.3 is 10.1 Å². The molecule has 0 amide bonds. The lowest BCUT2D eigenvalue weighted by Crippen LogP contribution is -2.45. The van der Waals surface area contributed by atoms with Crippen LogP contribution in [-0.2, 0) is 9.53 Å². The highest BCUT2D eigenvalue weighted by Gasteiger charge is 2.21. The fourth-order valence-corrected chi connectivity index (χ4v) is 1.27. The molecule has 1 N–H and O–H groups in total. The predicted molar refractivity (Wildman–Crippen MR) is 45.8 cm³/mol. The minimum absolute atomic E-state index is 0.0871. The fraction of sp³-hybridized carbons (Fsp3) is 0.857. The summed E-state index contributed by atoms with van der Waals surface area (Å²) in [5.41, 5.74) is 0. The van der Waals surface area contributed by atoms with Gasteiger partial charge in [-0.15, -0.1) is 0 Å². The zero-order valence-corrected chi connectivity index (χ0v) is 7.27. The van der Waals surface area contributed by atoms with Gasteiger partial charge in [-0.3, -0.25) is 4.79 Å². The Kier molecular flexibility index (Phi) is 3.72. The summed E-state index contributed by atoms with van der Waals surface area (Å²) in [6, 6.07) is -0.0871. The van der Waals surface area contributed by atoms with E-state index in [1.165, 1.54) is 0 Å². The first kappa shape index (κ1) is 8.87. The molecule has 0 spiro atoms. The number of cyclic esters (lactones) is 1. The van der Waals surface area contributed by atoms with Crippen molar-refractivity contribution in [2.24, 2.45) is 0 Å². The molecular formula is C7H13NO2S. The molecule has 1 aliphatic rings. The molecule has 0 saturated carbocycles. The smallest absolute Gasteiger partial charge is 0.323 e. The number of nitrogens with one attached hydrogen (secondary N) is 1. The van der Waals surface area contributed by atoms with Crippen LogP contribution in [-0.4, -0.2) is 30.9 Å². The number of hydrogen-bond acceptors (Lipinski definition) is 4. The van der Waals surface area contributed by atoms with Gasteiger partial charge in [0, 0.05) is 6.54 Å². The molecule has 64 valence electrons. The summed E-state index contributed by atoms with van der Waals surface area (Å²) < 4.78 is 4.86. The van der Waals surface area contributed by atoms with Gasteiger partial charge in [0.15, 0.2) is 0 Å². The molecule has 1 heterocycles. The molecule has 11 heavy (non-hydrogen) atoms. The van der Waals surface area contributed by atoms with Crippen molar-refractivity contribution >= 4 is 18.6 Å². The van der Waals surface area contributed by atoms with Gasteiger partial charge >= 0.3 is 5.97 Å². The van der Waals surface area contributed by atoms with Gasteiger partial charge in [-0.1, -0.05) is 0 Å². The van der Waals surface area contributed by atoms with Crippen molar-refractivity contribution in [3.05, 3.63) is 0 Å². The van der Waals surface area contributed by atoms with Gasteiger partial charge in [0.25, 0.3) is 0 Å². The van der Waals surface area contributed by atoms with Crippen LogP contribution in [0.2, 0.25) is 0 Å². The zero-order valence-electron chi connectivity index (χ0n) is 6.38. The van der Waals surface area contributed by atoms with Crippen molar-refractivity contribution in [2.45, 2.75) is 18.9 Å². The Morgan fingerprint density at radius 3 is 3.18 bits per heavy atom. The molecule has 4 heteroatoms. The first-order valence-corrected chi connectivity index (χ1v) is 4.48. The Bertz CT molecular complexity index is 140. The van der Waals surface area contributed by atoms with E-state index in [1.54, 1.807) is 0 Å². The van der Waals surface area contributed by atoms with Crippen LogP contribution in [0, 0.1) is 0 Å². The van der Waals surface area contributed by atoms with E-state index < -0.39 is 0 Å². The third kappa shape index (κ3) is 2.71. The lowest BCUT2D eigenvalue weighted by molar-refractivity contribution is -0.149. The Hall–Kier alpha value is -0.220. The Labute approximate surface area is 71.9 Å². The van der Waals surface area contributed by atoms with Gasteiger partial charge in [0.2, 0.25) is 0 Å². The maximum absolute atomic E-state index is 11.0. The standard InChI is InChI=1S/C7H13NO2S/c9-7-6(2-1-5-11)8-3-4-10-7/h6,8,11H,1-5H2. The second-order valence-corrected chi connectivity index (χ2v) is 2.99. The minimum atomic E-state index is -0.113. The average Bonchev–Trinajstić information content (AvgIpc) is 2.03. The van der Waals surface area contributed by atoms with Gasteiger partial charge in [0.05, 0.1) is 0 Å². The highest BCUT2D eigenvalue weighted by molar-refractivity contribution is 7.80. The van der Waals surface area contributed by atoms with E-state index in [-0.39, 0.29) is 12.0 Å². The summed E-state index contributed by atoms with van der Waals surface area (Å²) in [5.74, 6) is 0.712. The molecule has 0 radical (unpaired) electrons. The molecule has 0 aliphatic carbocycles. The molecule has 1 aliphatic heterocycles. The van der Waals surface area contributed by atoms with E-state index in [1.807, 2.05) is 0 Å². The largest absolute Gasteiger partial charge is 0.463 e. The highest BCUT2D eigenvalue weighted by Crippen LogP contribution is 2.03. The quantitative estimate of drug-likeness (QED) is 0.476. The number of ether oxygens (including phenoxy) is 1. The predicted octanol–water partition coefficient (Wildman–Crippen LogP) is 0.211. The Balaban J connectivity index is 2.24. The summed E-state index contributed by atoms with van der Waals surface area (Å²) in [6.07, 6.45) is 1.79. The second kappa shape index (κ2) is 4.62. The molecule has 1 saturated heterocycles. The third-order valence-electron chi connectivity index (χ3n) is 1.67. The van der Waals surface area contributed by atoms with Crippen LogP contribution in [0.4, 0.5) is 0 Å². The van der Waals surface area contributed by atoms with Gasteiger partial charge in [-0.25, -0.2) is 0 Å². The molecule has 1 atom stereocenters. The van der Waals surface area contributed by atoms with Crippen LogP contribution in [0.1, 0.15) is 12.8 Å². The van der Waals surface area contributed by atoms with E-state index in [9.17, 15) is 4.79 Å². The average molecular weight is 175 g/mol. The maximum Gasteiger partial charge on any atom is 0.323 e. The Morgan fingerprint density at radius 1 is 1.73 bits per heavy atom. The molecule has 1 fully saturated rings. The van der Waals surface area contributed by atoms with Gasteiger partial charge in [-0.05, 0) is 18.6 Å². The number of thiol groups is 1. The summed E-state index contributed by atoms with van der Waals surface area (Å²) >= 11 is 4.07. The number of rotatable bonds is 3. The van der Waals surface area contributed by atoms with Crippen LogP contribution in [0.3, 0.4) is 0 Å². The fourth-order valence-electron chi connectivity index (χ4n) is 1.08. The number of morpholine rings is 1. The van der Waals surface area contributed by atoms with Crippen molar-refractivity contribution in [1.29, 1.82) is 0 Å². The molecule has 0 bridgehead atoms. The van der Waals surface area contributed by atoms with Crippen LogP contribution < -0.4 is 5.32 Å². The Morgan fingerprint density at radius 2 is 2.55 bits per heavy atom. The zero-order chi connectivity index (χ0) is 8.10. The van der Waals surface area contributed by atoms with E-state index in [0.29, 0.717) is 6.61 Å². The molecule has 0 aromatic heterocycles. The van der Waals surface area contributed by atoms with Crippen molar-refractivity contribution in [3.8, 4) is 0 Å². The number of esters is 1. The molecule has 0 aromatic carbocycles. The first-order chi connectivity index (χ1) is 5.34. The summed E-state index contributed by atoms with van der Waals surface area (Å²) in [7, 11) is 0. The normalized spacial score (nSPS) is 24.8. The van der Waals surface area contributed by atoms with E-state index in [0.717, 1.165) is 25.1 Å². The number of carbonyl (C=O) groups excluding carboxylic acids is 1. The van der Waals surface area contributed by atoms with Crippen molar-refractivity contribution in [1.82, 2.24) is 5.32 Å². The summed E-state index contributed by atoms with van der Waals surface area (Å²) in [4.78, 5) is 11.0. The minimum Gasteiger partial charge on any atom is -0.463 e. The van der Waals surface area contributed by atoms with E-state index in [2.05, 4.69) is 17.9 Å². The molecule has 1 unspecified atom stereocenters. The van der Waals surface area contributed by atoms with Crippen molar-refractivity contribution in [2.75, 3.05) is 18.9 Å². The lowest BCUT2D eigenvalue weighted by atomic mass is 10.1. The second-order valence-electron chi connectivity index (χ2n) is 2.54. The van der Waals surface area contributed by atoms with Crippen LogP contribution in [0.15, 0.2) is 0 Å². The summed E-state index contributed by atoms with van der Waals surface area (Å²) in [6.45, 7) is 1.29. The van der Waals surface area contributed by atoms with E-state index >= 15 is 0 Å². The molecule has 1 rings (SSSR count). The van der Waals surface area contributed by atoms with Crippen molar-refractivity contribution < 1.29 is 9.53 Å². The van der Waals surface area contributed by atoms with Crippen LogP contribution in [0.25, 0.3) is 0 Å². The number of carbonyl (C=O) groups is 1. The first-order valence-electron chi connectivity index (χ1n) is 3.85. The SMILES string of the molecule is O=C1OCCNC1CCCS. The van der Waals surface area contributed by atoms with Crippen molar-refractivity contribution in [3.63, 3.8) is 0 Å². The molecule has 0 aromatic rings. The molecular weight excluding hydrogens is 162 g/mol. The summed E-state index contributed by atoms with van der Waals surface area (Å²) in [5, 5.41) is 3.10. The van der Waals surface area contributed by atoms with Gasteiger partial charge in [0.1, 0.15) is 12.6 Å². The van der Waals surface area contributed by atoms with Crippen LogP contribution in [0.5, 0.6) is 0 Å². The highest BCUT2D eigenvalue weighted by atomic mass is 32.1. The molecule has 3 nitrogen and oxygen atoms in total. The maximum atomic E-state index is 11.0. The lowest BCUT2D eigenvalue weighted by Gasteiger charge is -2.21. The monoisotopic (exact) mass is 175 g/mol. The van der Waals surface area contributed by atoms with Crippen LogP contribution >= 0.6 is 12.6 Å². The van der Waals surface area contributed by atoms with Gasteiger partial charge in [-0.2, -0.15) is 12.6 Å². The topological polar surface area (TPSA) is 38.3 Å². The number of hydrogen-bond donors (Lipinski definition) is 2.